The van der Waals surface area contributed by atoms with E-state index in [1.165, 1.54) is 0 Å². The van der Waals surface area contributed by atoms with Crippen molar-refractivity contribution in [2.24, 2.45) is 0 Å². The van der Waals surface area contributed by atoms with E-state index in [4.69, 9.17) is 14.2 Å². The Balaban J connectivity index is 2.07. The Morgan fingerprint density at radius 3 is 2.36 bits per heavy atom. The molecule has 0 atom stereocenters. The van der Waals surface area contributed by atoms with E-state index in [0.717, 1.165) is 21.3 Å². The lowest BCUT2D eigenvalue weighted by Gasteiger charge is -2.15. The van der Waals surface area contributed by atoms with Crippen molar-refractivity contribution in [3.05, 3.63) is 45.9 Å². The molecule has 1 N–H and O–H groups in total. The van der Waals surface area contributed by atoms with Gasteiger partial charge >= 0.3 is 0 Å². The monoisotopic (exact) mass is 407 g/mol. The third-order valence-electron chi connectivity index (χ3n) is 3.86. The van der Waals surface area contributed by atoms with E-state index in [9.17, 15) is 4.79 Å². The van der Waals surface area contributed by atoms with Crippen LogP contribution in [-0.4, -0.2) is 27.2 Å². The third kappa shape index (κ3) is 4.66. The van der Waals surface area contributed by atoms with Crippen LogP contribution in [0.4, 0.5) is 5.69 Å². The normalized spacial score (nSPS) is 10.3. The van der Waals surface area contributed by atoms with Gasteiger partial charge in [-0.25, -0.2) is 0 Å². The minimum absolute atomic E-state index is 0.0624. The van der Waals surface area contributed by atoms with Crippen molar-refractivity contribution < 1.29 is 19.0 Å². The summed E-state index contributed by atoms with van der Waals surface area (Å²) in [7, 11) is 4.71. The Kier molecular flexibility index (Phi) is 6.70. The summed E-state index contributed by atoms with van der Waals surface area (Å²) in [5, 5.41) is 2.90. The fourth-order valence-electron chi connectivity index (χ4n) is 2.50. The highest BCUT2D eigenvalue weighted by Crippen LogP contribution is 2.40. The van der Waals surface area contributed by atoms with E-state index >= 15 is 0 Å². The van der Waals surface area contributed by atoms with Gasteiger partial charge in [-0.2, -0.15) is 0 Å². The summed E-state index contributed by atoms with van der Waals surface area (Å²) in [4.78, 5) is 12.2. The van der Waals surface area contributed by atoms with Crippen molar-refractivity contribution in [1.29, 1.82) is 0 Å². The van der Waals surface area contributed by atoms with Gasteiger partial charge in [0.05, 0.1) is 21.3 Å². The van der Waals surface area contributed by atoms with Gasteiger partial charge in [-0.15, -0.1) is 0 Å². The Morgan fingerprint density at radius 2 is 1.76 bits per heavy atom. The molecule has 0 fully saturated rings. The lowest BCUT2D eigenvalue weighted by molar-refractivity contribution is -0.116. The highest BCUT2D eigenvalue weighted by molar-refractivity contribution is 9.10. The molecule has 2 aromatic carbocycles. The van der Waals surface area contributed by atoms with Gasteiger partial charge in [0.2, 0.25) is 11.7 Å². The molecule has 0 aromatic heterocycles. The minimum Gasteiger partial charge on any atom is -0.493 e. The van der Waals surface area contributed by atoms with Gasteiger partial charge < -0.3 is 19.5 Å². The molecule has 0 aliphatic carbocycles. The van der Waals surface area contributed by atoms with Gasteiger partial charge in [-0.3, -0.25) is 4.79 Å². The molecule has 2 rings (SSSR count). The number of carbonyl (C=O) groups excluding carboxylic acids is 1. The smallest absolute Gasteiger partial charge is 0.224 e. The zero-order valence-electron chi connectivity index (χ0n) is 14.8. The average molecular weight is 408 g/mol. The number of carbonyl (C=O) groups is 1. The summed E-state index contributed by atoms with van der Waals surface area (Å²) in [6.07, 6.45) is 0.861. The van der Waals surface area contributed by atoms with Gasteiger partial charge in [0.25, 0.3) is 0 Å². The fraction of sp³-hybridized carbons (Fsp3) is 0.316. The average Bonchev–Trinajstić information content (AvgIpc) is 2.61. The van der Waals surface area contributed by atoms with E-state index in [1.54, 1.807) is 21.3 Å². The molecule has 1 amide bonds. The molecule has 134 valence electrons. The van der Waals surface area contributed by atoms with Crippen LogP contribution in [0, 0.1) is 6.92 Å². The highest BCUT2D eigenvalue weighted by Gasteiger charge is 2.16. The second-order valence-electron chi connectivity index (χ2n) is 5.51. The van der Waals surface area contributed by atoms with Crippen LogP contribution in [-0.2, 0) is 11.2 Å². The van der Waals surface area contributed by atoms with Crippen molar-refractivity contribution in [1.82, 2.24) is 0 Å². The third-order valence-corrected chi connectivity index (χ3v) is 4.72. The maximum Gasteiger partial charge on any atom is 0.224 e. The molecular formula is C19H22BrNO4. The summed E-state index contributed by atoms with van der Waals surface area (Å²) in [6, 6.07) is 9.43. The number of nitrogens with one attached hydrogen (secondary N) is 1. The highest BCUT2D eigenvalue weighted by atomic mass is 79.9. The molecule has 0 aliphatic rings. The number of hydrogen-bond donors (Lipinski definition) is 1. The first kappa shape index (κ1) is 19.1. The largest absolute Gasteiger partial charge is 0.493 e. The molecule has 25 heavy (non-hydrogen) atoms. The van der Waals surface area contributed by atoms with Crippen LogP contribution in [0.5, 0.6) is 17.2 Å². The van der Waals surface area contributed by atoms with E-state index < -0.39 is 0 Å². The lowest BCUT2D eigenvalue weighted by atomic mass is 10.1. The number of benzene rings is 2. The number of hydrogen-bond acceptors (Lipinski definition) is 4. The van der Waals surface area contributed by atoms with Gasteiger partial charge in [0, 0.05) is 16.6 Å². The van der Waals surface area contributed by atoms with E-state index in [-0.39, 0.29) is 5.91 Å². The van der Waals surface area contributed by atoms with E-state index in [2.05, 4.69) is 21.2 Å². The first-order valence-corrected chi connectivity index (χ1v) is 8.63. The van der Waals surface area contributed by atoms with Crippen LogP contribution >= 0.6 is 15.9 Å². The van der Waals surface area contributed by atoms with Gasteiger partial charge in [0.1, 0.15) is 0 Å². The van der Waals surface area contributed by atoms with Crippen LogP contribution < -0.4 is 19.5 Å². The minimum atomic E-state index is -0.0624. The molecule has 0 radical (unpaired) electrons. The number of methoxy groups -OCH3 is 3. The molecule has 0 saturated heterocycles. The van der Waals surface area contributed by atoms with Crippen LogP contribution in [0.15, 0.2) is 34.8 Å². The molecular weight excluding hydrogens is 386 g/mol. The quantitative estimate of drug-likeness (QED) is 0.740. The van der Waals surface area contributed by atoms with E-state index in [0.29, 0.717) is 30.1 Å². The SMILES string of the molecule is COc1ccc(CCC(=O)Nc2ccc(C)c(Br)c2)c(OC)c1OC. The molecule has 0 spiro atoms. The maximum atomic E-state index is 12.2. The Labute approximate surface area is 156 Å². The Morgan fingerprint density at radius 1 is 1.04 bits per heavy atom. The lowest BCUT2D eigenvalue weighted by Crippen LogP contribution is -2.12. The van der Waals surface area contributed by atoms with Gasteiger partial charge in [-0.1, -0.05) is 28.1 Å². The van der Waals surface area contributed by atoms with Crippen molar-refractivity contribution in [3.63, 3.8) is 0 Å². The second kappa shape index (κ2) is 8.76. The molecule has 0 saturated carbocycles. The standard InChI is InChI=1S/C19H22BrNO4/c1-12-5-8-14(11-15(12)20)21-17(22)10-7-13-6-9-16(23-2)19(25-4)18(13)24-3/h5-6,8-9,11H,7,10H2,1-4H3,(H,21,22). The first-order valence-electron chi connectivity index (χ1n) is 7.84. The number of halogens is 1. The predicted octanol–water partition coefficient (Wildman–Crippen LogP) is 4.35. The molecule has 0 heterocycles. The summed E-state index contributed by atoms with van der Waals surface area (Å²) in [5.74, 6) is 1.66. The zero-order chi connectivity index (χ0) is 18.4. The van der Waals surface area contributed by atoms with Crippen molar-refractivity contribution in [2.45, 2.75) is 19.8 Å². The van der Waals surface area contributed by atoms with Crippen molar-refractivity contribution >= 4 is 27.5 Å². The number of aryl methyl sites for hydroxylation is 2. The topological polar surface area (TPSA) is 56.8 Å². The molecule has 6 heteroatoms. The second-order valence-corrected chi connectivity index (χ2v) is 6.36. The molecule has 5 nitrogen and oxygen atoms in total. The van der Waals surface area contributed by atoms with Gasteiger partial charge in [-0.05, 0) is 42.7 Å². The van der Waals surface area contributed by atoms with Crippen molar-refractivity contribution in [3.8, 4) is 17.2 Å². The number of ether oxygens (including phenoxy) is 3. The fourth-order valence-corrected chi connectivity index (χ4v) is 2.88. The molecule has 0 aliphatic heterocycles. The number of amides is 1. The predicted molar refractivity (Wildman–Crippen MR) is 102 cm³/mol. The Hall–Kier alpha value is -2.21. The summed E-state index contributed by atoms with van der Waals surface area (Å²) in [5.41, 5.74) is 2.77. The number of rotatable bonds is 7. The summed E-state index contributed by atoms with van der Waals surface area (Å²) >= 11 is 3.47. The van der Waals surface area contributed by atoms with Crippen LogP contribution in [0.2, 0.25) is 0 Å². The van der Waals surface area contributed by atoms with Crippen LogP contribution in [0.3, 0.4) is 0 Å². The molecule has 0 bridgehead atoms. The summed E-state index contributed by atoms with van der Waals surface area (Å²) < 4.78 is 17.1. The van der Waals surface area contributed by atoms with Crippen molar-refractivity contribution in [2.75, 3.05) is 26.6 Å². The Bertz CT molecular complexity index is 761. The maximum absolute atomic E-state index is 12.2. The molecule has 0 unspecified atom stereocenters. The van der Waals surface area contributed by atoms with Gasteiger partial charge in [0.15, 0.2) is 11.5 Å². The van der Waals surface area contributed by atoms with Crippen LogP contribution in [0.1, 0.15) is 17.5 Å². The van der Waals surface area contributed by atoms with E-state index in [1.807, 2.05) is 37.3 Å². The zero-order valence-corrected chi connectivity index (χ0v) is 16.4. The number of anilines is 1. The molecule has 2 aromatic rings. The van der Waals surface area contributed by atoms with Crippen LogP contribution in [0.25, 0.3) is 0 Å². The summed E-state index contributed by atoms with van der Waals surface area (Å²) in [6.45, 7) is 2.00. The first-order chi connectivity index (χ1) is 12.0.